The molecule has 3 heterocycles. The molecule has 3 N–H and O–H groups in total. The summed E-state index contributed by atoms with van der Waals surface area (Å²) in [5.74, 6) is 0.353. The minimum atomic E-state index is -4.85. The Morgan fingerprint density at radius 1 is 0.409 bits per heavy atom. The SMILES string of the molecule is C.C.C.CO.O=C(CN1CCC[C@@H](COc2ccc(C(F)(F)F)cc2)C1)C1(c2ccccc2OC(F)(F)F)CCC1.O[C@@H](CN1CCC[C@@H](COc2ccc(C(F)(F)F)cc2)C1)C1(c2ccccc2OC(F)(F)F)CCC1.O[C@H](CN1CCC[C@@H](COc2ccc(C(F)(F)F)cc2)C1)C1(c2ccccc2OC(F)(F)F)CCC1.[B].[H-].[Na+]. The number of ketones is 1. The molecule has 3 radical (unpaired) electrons. The molecule has 3 aliphatic carbocycles. The van der Waals surface area contributed by atoms with Gasteiger partial charge >= 0.3 is 67.2 Å². The third-order valence-corrected chi connectivity index (χ3v) is 21.5. The molecule has 0 amide bonds. The number of aliphatic hydroxyl groups excluding tert-OH is 3. The number of nitrogens with zero attached hydrogens (tertiary/aromatic N) is 3. The van der Waals surface area contributed by atoms with Gasteiger partial charge in [0.25, 0.3) is 0 Å². The van der Waals surface area contributed by atoms with Gasteiger partial charge in [0, 0.05) is 93.5 Å². The number of β-amino-alcohol motifs (C(OH)–C–C–N with tert-alkyl or cyclic N) is 2. The van der Waals surface area contributed by atoms with Crippen LogP contribution in [0, 0.1) is 17.8 Å². The van der Waals surface area contributed by atoms with E-state index in [1.165, 1.54) is 78.9 Å². The summed E-state index contributed by atoms with van der Waals surface area (Å²) in [7, 11) is 1.00. The van der Waals surface area contributed by atoms with E-state index in [0.717, 1.165) is 114 Å². The molecular weight excluding hydrogens is 1560 g/mol. The van der Waals surface area contributed by atoms with E-state index in [2.05, 4.69) is 24.0 Å². The Hall–Kier alpha value is -6.65. The number of alkyl halides is 18. The summed E-state index contributed by atoms with van der Waals surface area (Å²) in [5, 5.41) is 29.5. The van der Waals surface area contributed by atoms with E-state index < -0.39 is 82.8 Å². The topological polar surface area (TPSA) is 143 Å². The van der Waals surface area contributed by atoms with Crippen molar-refractivity contribution in [3.8, 4) is 34.5 Å². The number of piperidine rings is 3. The van der Waals surface area contributed by atoms with Gasteiger partial charge in [-0.25, -0.2) is 0 Å². The molecule has 115 heavy (non-hydrogen) atoms. The zero-order valence-corrected chi connectivity index (χ0v) is 63.8. The van der Waals surface area contributed by atoms with E-state index in [1.54, 1.807) is 30.3 Å². The number of carbonyl (C=O) groups excluding carboxylic acids is 1. The minimum absolute atomic E-state index is 0. The largest absolute Gasteiger partial charge is 1.00 e. The summed E-state index contributed by atoms with van der Waals surface area (Å²) in [6, 6.07) is 31.5. The molecule has 0 aromatic heterocycles. The minimum Gasteiger partial charge on any atom is -1.00 e. The summed E-state index contributed by atoms with van der Waals surface area (Å²) >= 11 is 0. The van der Waals surface area contributed by atoms with Crippen LogP contribution < -0.4 is 58.0 Å². The van der Waals surface area contributed by atoms with E-state index in [-0.39, 0.29) is 115 Å². The molecule has 5 atom stereocenters. The molecular formula is C82H102BF18N3NaO10. The fourth-order valence-corrected chi connectivity index (χ4v) is 15.6. The first kappa shape index (κ1) is 101. The van der Waals surface area contributed by atoms with Gasteiger partial charge in [-0.2, -0.15) is 39.5 Å². The average molecular weight is 1670 g/mol. The van der Waals surface area contributed by atoms with Gasteiger partial charge in [0.05, 0.1) is 60.7 Å². The second-order valence-corrected chi connectivity index (χ2v) is 28.8. The molecule has 3 saturated heterocycles. The molecule has 3 saturated carbocycles. The van der Waals surface area contributed by atoms with Crippen LogP contribution in [0.4, 0.5) is 79.0 Å². The average Bonchev–Trinajstić information content (AvgIpc) is 0.760. The van der Waals surface area contributed by atoms with Gasteiger partial charge in [0.15, 0.2) is 5.78 Å². The quantitative estimate of drug-likeness (QED) is 0.0391. The van der Waals surface area contributed by atoms with Crippen LogP contribution in [0.2, 0.25) is 0 Å². The van der Waals surface area contributed by atoms with Crippen molar-refractivity contribution in [3.63, 3.8) is 0 Å². The number of ether oxygens (including phenoxy) is 6. The van der Waals surface area contributed by atoms with Crippen molar-refractivity contribution in [3.05, 3.63) is 179 Å². The number of likely N-dealkylation sites (tertiary alicyclic amines) is 3. The van der Waals surface area contributed by atoms with Crippen LogP contribution in [-0.2, 0) is 39.6 Å². The first-order valence-corrected chi connectivity index (χ1v) is 36.4. The standard InChI is InChI=1S/2C26H29F6NO3.C26H27F6NO3.CH4O.3CH4.B.Na.H/c3*27-25(28,29)19-8-10-20(11-9-19)35-17-18-5-3-14-33(15-18)16-23(34)24(12-4-13-24)21-6-1-2-7-22(21)36-26(30,31)32;1-2;;;;;;/h2*1-2,6-11,18,23,34H,3-5,12-17H2;1-2,6-11,18H,3-5,12-17H2;2H,1H3;3*1H4;;;/q;;;;;;;;+1;-1/t18-,23+;18-,23-;18-;;;;;;;/m111......./s1. The summed E-state index contributed by atoms with van der Waals surface area (Å²) in [6.45, 7) is 5.62. The smallest absolute Gasteiger partial charge is 1.00 e. The maximum Gasteiger partial charge on any atom is 1.00 e. The van der Waals surface area contributed by atoms with Crippen molar-refractivity contribution in [1.29, 1.82) is 0 Å². The van der Waals surface area contributed by atoms with Gasteiger partial charge in [-0.3, -0.25) is 9.69 Å². The van der Waals surface area contributed by atoms with Crippen molar-refractivity contribution < 1.29 is 159 Å². The zero-order valence-electron chi connectivity index (χ0n) is 62.8. The Bertz CT molecular complexity index is 3710. The van der Waals surface area contributed by atoms with Crippen LogP contribution in [0.15, 0.2) is 146 Å². The van der Waals surface area contributed by atoms with Gasteiger partial charge in [-0.15, -0.1) is 39.5 Å². The number of para-hydroxylation sites is 3. The molecule has 635 valence electrons. The molecule has 6 aliphatic rings. The van der Waals surface area contributed by atoms with Crippen LogP contribution in [0.1, 0.15) is 153 Å². The van der Waals surface area contributed by atoms with Gasteiger partial charge in [-0.1, -0.05) is 96.1 Å². The van der Waals surface area contributed by atoms with E-state index in [0.29, 0.717) is 126 Å². The maximum atomic E-state index is 13.4. The summed E-state index contributed by atoms with van der Waals surface area (Å²) in [6.07, 6.45) is -18.8. The van der Waals surface area contributed by atoms with Gasteiger partial charge in [-0.05, 0) is 188 Å². The number of aliphatic hydroxyl groups is 3. The monoisotopic (exact) mass is 1660 g/mol. The van der Waals surface area contributed by atoms with E-state index in [9.17, 15) is 94.0 Å². The van der Waals surface area contributed by atoms with Crippen molar-refractivity contribution in [2.24, 2.45) is 17.8 Å². The third-order valence-electron chi connectivity index (χ3n) is 21.5. The summed E-state index contributed by atoms with van der Waals surface area (Å²) in [4.78, 5) is 19.6. The van der Waals surface area contributed by atoms with E-state index in [4.69, 9.17) is 19.3 Å². The van der Waals surface area contributed by atoms with Crippen LogP contribution in [-0.4, -0.2) is 161 Å². The summed E-state index contributed by atoms with van der Waals surface area (Å²) in [5.41, 5.74) is -3.79. The Labute approximate surface area is 685 Å². The maximum absolute atomic E-state index is 13.4. The van der Waals surface area contributed by atoms with Crippen LogP contribution in [0.3, 0.4) is 0 Å². The zero-order chi connectivity index (χ0) is 79.9. The van der Waals surface area contributed by atoms with Gasteiger partial charge in [0.1, 0.15) is 34.5 Å². The number of Topliss-reactive ketones (excluding diaryl/α,β-unsaturated/α-hetero) is 1. The number of carbonyl (C=O) groups is 1. The Balaban J connectivity index is 0.000000434. The molecule has 0 spiro atoms. The normalized spacial score (nSPS) is 19.9. The number of hydrogen-bond donors (Lipinski definition) is 3. The molecule has 13 nitrogen and oxygen atoms in total. The van der Waals surface area contributed by atoms with Crippen LogP contribution >= 0.6 is 0 Å². The Morgan fingerprint density at radius 2 is 0.678 bits per heavy atom. The van der Waals surface area contributed by atoms with Crippen LogP contribution in [0.5, 0.6) is 34.5 Å². The van der Waals surface area contributed by atoms with Gasteiger partial charge in [0.2, 0.25) is 0 Å². The predicted molar refractivity (Wildman–Crippen MR) is 396 cm³/mol. The fourth-order valence-electron chi connectivity index (χ4n) is 15.6. The van der Waals surface area contributed by atoms with Crippen molar-refractivity contribution in [1.82, 2.24) is 14.7 Å². The molecule has 12 rings (SSSR count). The van der Waals surface area contributed by atoms with E-state index in [1.807, 2.05) is 4.90 Å². The first-order valence-electron chi connectivity index (χ1n) is 36.4. The second-order valence-electron chi connectivity index (χ2n) is 28.8. The third kappa shape index (κ3) is 28.0. The fraction of sp³-hybridized carbons (Fsp3) is 0.549. The molecule has 6 aromatic rings. The summed E-state index contributed by atoms with van der Waals surface area (Å²) < 4.78 is 261. The van der Waals surface area contributed by atoms with Crippen molar-refractivity contribution in [2.75, 3.05) is 85.8 Å². The molecule has 33 heteroatoms. The predicted octanol–water partition coefficient (Wildman–Crippen LogP) is 17.0. The number of halogens is 18. The number of rotatable bonds is 24. The van der Waals surface area contributed by atoms with Crippen LogP contribution in [0.25, 0.3) is 0 Å². The molecule has 6 fully saturated rings. The Morgan fingerprint density at radius 3 is 0.948 bits per heavy atom. The molecule has 0 bridgehead atoms. The molecule has 3 aliphatic heterocycles. The number of benzene rings is 6. The van der Waals surface area contributed by atoms with Crippen molar-refractivity contribution >= 4 is 14.2 Å². The van der Waals surface area contributed by atoms with Gasteiger partial charge < -0.3 is 55.0 Å². The number of hydrogen-bond acceptors (Lipinski definition) is 13. The Kier molecular flexibility index (Phi) is 38.0. The van der Waals surface area contributed by atoms with Crippen molar-refractivity contribution in [2.45, 2.75) is 185 Å². The second kappa shape index (κ2) is 43.4. The first-order chi connectivity index (χ1) is 51.9. The molecule has 6 aromatic carbocycles. The van der Waals surface area contributed by atoms with E-state index >= 15 is 0 Å². The molecule has 0 unspecified atom stereocenters.